The van der Waals surface area contributed by atoms with Crippen molar-refractivity contribution in [3.05, 3.63) is 83.7 Å². The summed E-state index contributed by atoms with van der Waals surface area (Å²) in [5.41, 5.74) is 5.71. The fourth-order valence-corrected chi connectivity index (χ4v) is 3.68. The van der Waals surface area contributed by atoms with Crippen LogP contribution in [0.1, 0.15) is 22.7 Å². The largest absolute Gasteiger partial charge is 0.496 e. The summed E-state index contributed by atoms with van der Waals surface area (Å²) < 4.78 is 5.53. The summed E-state index contributed by atoms with van der Waals surface area (Å²) in [5, 5.41) is 14.0. The smallest absolute Gasteiger partial charge is 0.123 e. The first-order valence-electron chi connectivity index (χ1n) is 8.83. The van der Waals surface area contributed by atoms with Gasteiger partial charge in [0.1, 0.15) is 5.75 Å². The summed E-state index contributed by atoms with van der Waals surface area (Å²) in [4.78, 5) is 4.08. The maximum atomic E-state index is 10.4. The molecule has 2 atom stereocenters. The highest BCUT2D eigenvalue weighted by Gasteiger charge is 2.30. The van der Waals surface area contributed by atoms with Crippen LogP contribution >= 0.6 is 0 Å². The number of aromatic nitrogens is 1. The monoisotopic (exact) mass is 346 g/mol. The highest BCUT2D eigenvalue weighted by atomic mass is 16.5. The average Bonchev–Trinajstić information content (AvgIpc) is 3.02. The standard InChI is InChI=1S/C22H22N2O2/c1-26-21-7-6-16(15-8-10-23-11-9-15)12-18(21)14-24-22-19-5-3-2-4-17(19)13-20(22)25/h2-12,20,22,24-25H,13-14H2,1H3/t20-,22+/m0/s1. The minimum Gasteiger partial charge on any atom is -0.496 e. The summed E-state index contributed by atoms with van der Waals surface area (Å²) in [7, 11) is 1.69. The number of pyridine rings is 1. The fourth-order valence-electron chi connectivity index (χ4n) is 3.68. The molecule has 26 heavy (non-hydrogen) atoms. The molecule has 0 radical (unpaired) electrons. The van der Waals surface area contributed by atoms with Crippen LogP contribution in [0.4, 0.5) is 0 Å². The molecule has 1 aliphatic rings. The highest BCUT2D eigenvalue weighted by molar-refractivity contribution is 5.65. The van der Waals surface area contributed by atoms with Gasteiger partial charge in [-0.25, -0.2) is 0 Å². The Morgan fingerprint density at radius 3 is 2.69 bits per heavy atom. The Kier molecular flexibility index (Phi) is 4.69. The second-order valence-electron chi connectivity index (χ2n) is 6.59. The van der Waals surface area contributed by atoms with Crippen LogP contribution < -0.4 is 10.1 Å². The van der Waals surface area contributed by atoms with Gasteiger partial charge in [0, 0.05) is 30.9 Å². The number of benzene rings is 2. The lowest BCUT2D eigenvalue weighted by Gasteiger charge is -2.19. The SMILES string of the molecule is COc1ccc(-c2ccncc2)cc1CN[C@@H]1c2ccccc2C[C@@H]1O. The Balaban J connectivity index is 1.58. The minimum atomic E-state index is -0.401. The molecule has 0 fully saturated rings. The Hall–Kier alpha value is -2.69. The molecule has 1 heterocycles. The number of aliphatic hydroxyl groups excluding tert-OH is 1. The van der Waals surface area contributed by atoms with E-state index in [1.165, 1.54) is 11.1 Å². The molecular formula is C22H22N2O2. The van der Waals surface area contributed by atoms with Gasteiger partial charge >= 0.3 is 0 Å². The van der Waals surface area contributed by atoms with Crippen LogP contribution in [0, 0.1) is 0 Å². The molecule has 0 unspecified atom stereocenters. The quantitative estimate of drug-likeness (QED) is 0.742. The Labute approximate surface area is 153 Å². The van der Waals surface area contributed by atoms with Gasteiger partial charge in [-0.05, 0) is 46.5 Å². The van der Waals surface area contributed by atoms with E-state index in [-0.39, 0.29) is 6.04 Å². The number of methoxy groups -OCH3 is 1. The third-order valence-electron chi connectivity index (χ3n) is 5.01. The summed E-state index contributed by atoms with van der Waals surface area (Å²) in [5.74, 6) is 0.844. The average molecular weight is 346 g/mol. The maximum absolute atomic E-state index is 10.4. The van der Waals surface area contributed by atoms with Crippen molar-refractivity contribution in [1.29, 1.82) is 0 Å². The molecule has 0 spiro atoms. The Bertz CT molecular complexity index is 896. The molecule has 0 amide bonds. The molecule has 0 aliphatic heterocycles. The molecule has 4 heteroatoms. The molecule has 1 aliphatic carbocycles. The van der Waals surface area contributed by atoms with Crippen LogP contribution in [0.5, 0.6) is 5.75 Å². The minimum absolute atomic E-state index is 0.0551. The third-order valence-corrected chi connectivity index (χ3v) is 5.01. The zero-order valence-electron chi connectivity index (χ0n) is 14.7. The topological polar surface area (TPSA) is 54.4 Å². The van der Waals surface area contributed by atoms with Gasteiger partial charge in [0.25, 0.3) is 0 Å². The summed E-state index contributed by atoms with van der Waals surface area (Å²) >= 11 is 0. The van der Waals surface area contributed by atoms with Crippen molar-refractivity contribution in [3.63, 3.8) is 0 Å². The highest BCUT2D eigenvalue weighted by Crippen LogP contribution is 2.32. The van der Waals surface area contributed by atoms with E-state index in [0.717, 1.165) is 22.4 Å². The molecule has 4 rings (SSSR count). The lowest BCUT2D eigenvalue weighted by Crippen LogP contribution is -2.28. The number of nitrogens with zero attached hydrogens (tertiary/aromatic N) is 1. The van der Waals surface area contributed by atoms with Crippen LogP contribution in [0.15, 0.2) is 67.0 Å². The Morgan fingerprint density at radius 1 is 1.08 bits per heavy atom. The van der Waals surface area contributed by atoms with E-state index in [4.69, 9.17) is 4.74 Å². The van der Waals surface area contributed by atoms with Gasteiger partial charge in [-0.3, -0.25) is 4.98 Å². The van der Waals surface area contributed by atoms with E-state index >= 15 is 0 Å². The van der Waals surface area contributed by atoms with Gasteiger partial charge in [0.15, 0.2) is 0 Å². The number of aliphatic hydroxyl groups is 1. The van der Waals surface area contributed by atoms with Crippen molar-refractivity contribution in [3.8, 4) is 16.9 Å². The molecule has 2 N–H and O–H groups in total. The van der Waals surface area contributed by atoms with Crippen molar-refractivity contribution in [1.82, 2.24) is 10.3 Å². The molecule has 4 nitrogen and oxygen atoms in total. The molecule has 1 aromatic heterocycles. The van der Waals surface area contributed by atoms with Crippen molar-refractivity contribution >= 4 is 0 Å². The van der Waals surface area contributed by atoms with Crippen LogP contribution in [0.2, 0.25) is 0 Å². The van der Waals surface area contributed by atoms with E-state index in [1.54, 1.807) is 19.5 Å². The molecule has 0 saturated carbocycles. The van der Waals surface area contributed by atoms with Crippen molar-refractivity contribution in [2.75, 3.05) is 7.11 Å². The molecule has 132 valence electrons. The van der Waals surface area contributed by atoms with E-state index in [9.17, 15) is 5.11 Å². The first-order valence-corrected chi connectivity index (χ1v) is 8.83. The number of nitrogens with one attached hydrogen (secondary N) is 1. The molecule has 0 saturated heterocycles. The maximum Gasteiger partial charge on any atom is 0.123 e. The molecule has 2 aromatic carbocycles. The van der Waals surface area contributed by atoms with Gasteiger partial charge in [-0.1, -0.05) is 30.3 Å². The normalized spacial score (nSPS) is 18.5. The van der Waals surface area contributed by atoms with Crippen LogP contribution in [-0.2, 0) is 13.0 Å². The molecular weight excluding hydrogens is 324 g/mol. The van der Waals surface area contributed by atoms with Crippen molar-refractivity contribution in [2.45, 2.75) is 25.1 Å². The number of fused-ring (bicyclic) bond motifs is 1. The van der Waals surface area contributed by atoms with Crippen LogP contribution in [0.25, 0.3) is 11.1 Å². The van der Waals surface area contributed by atoms with Crippen LogP contribution in [0.3, 0.4) is 0 Å². The second kappa shape index (κ2) is 7.28. The second-order valence-corrected chi connectivity index (χ2v) is 6.59. The predicted molar refractivity (Wildman–Crippen MR) is 102 cm³/mol. The van der Waals surface area contributed by atoms with Crippen molar-refractivity contribution in [2.24, 2.45) is 0 Å². The van der Waals surface area contributed by atoms with Gasteiger partial charge < -0.3 is 15.2 Å². The van der Waals surface area contributed by atoms with Gasteiger partial charge in [-0.2, -0.15) is 0 Å². The van der Waals surface area contributed by atoms with E-state index in [1.807, 2.05) is 30.3 Å². The van der Waals surface area contributed by atoms with E-state index in [2.05, 4.69) is 34.6 Å². The Morgan fingerprint density at radius 2 is 1.88 bits per heavy atom. The number of hydrogen-bond acceptors (Lipinski definition) is 4. The number of hydrogen-bond donors (Lipinski definition) is 2. The summed E-state index contributed by atoms with van der Waals surface area (Å²) in [6.07, 6.45) is 3.89. The van der Waals surface area contributed by atoms with E-state index in [0.29, 0.717) is 13.0 Å². The van der Waals surface area contributed by atoms with Gasteiger partial charge in [0.2, 0.25) is 0 Å². The molecule has 3 aromatic rings. The van der Waals surface area contributed by atoms with Gasteiger partial charge in [-0.15, -0.1) is 0 Å². The molecule has 0 bridgehead atoms. The summed E-state index contributed by atoms with van der Waals surface area (Å²) in [6.45, 7) is 0.623. The summed E-state index contributed by atoms with van der Waals surface area (Å²) in [6, 6.07) is 18.3. The van der Waals surface area contributed by atoms with E-state index < -0.39 is 6.10 Å². The predicted octanol–water partition coefficient (Wildman–Crippen LogP) is 3.51. The fraction of sp³-hybridized carbons (Fsp3) is 0.227. The van der Waals surface area contributed by atoms with Gasteiger partial charge in [0.05, 0.1) is 19.3 Å². The number of ether oxygens (including phenoxy) is 1. The van der Waals surface area contributed by atoms with Crippen LogP contribution in [-0.4, -0.2) is 23.3 Å². The lowest BCUT2D eigenvalue weighted by atomic mass is 10.0. The first-order chi connectivity index (χ1) is 12.8. The zero-order chi connectivity index (χ0) is 17.9. The first kappa shape index (κ1) is 16.8. The van der Waals surface area contributed by atoms with Crippen molar-refractivity contribution < 1.29 is 9.84 Å². The lowest BCUT2D eigenvalue weighted by molar-refractivity contribution is 0.140. The third kappa shape index (κ3) is 3.21. The zero-order valence-corrected chi connectivity index (χ0v) is 14.7. The number of rotatable bonds is 5.